The van der Waals surface area contributed by atoms with E-state index in [0.717, 1.165) is 0 Å². The van der Waals surface area contributed by atoms with Gasteiger partial charge in [-0.05, 0) is 26.1 Å². The maximum atomic E-state index is 12.7. The van der Waals surface area contributed by atoms with Crippen molar-refractivity contribution in [3.8, 4) is 10.6 Å². The Bertz CT molecular complexity index is 885. The lowest BCUT2D eigenvalue weighted by atomic mass is 10.3. The summed E-state index contributed by atoms with van der Waals surface area (Å²) in [4.78, 5) is 18.2. The maximum absolute atomic E-state index is 12.7. The van der Waals surface area contributed by atoms with Crippen molar-refractivity contribution in [3.05, 3.63) is 17.8 Å². The molecule has 1 aliphatic heterocycles. The van der Waals surface area contributed by atoms with E-state index in [0.29, 0.717) is 47.6 Å². The van der Waals surface area contributed by atoms with Crippen LogP contribution in [0.4, 0.5) is 5.13 Å². The molecule has 1 amide bonds. The highest BCUT2D eigenvalue weighted by Crippen LogP contribution is 2.35. The highest BCUT2D eigenvalue weighted by molar-refractivity contribution is 7.89. The van der Waals surface area contributed by atoms with E-state index in [1.807, 2.05) is 7.05 Å². The zero-order chi connectivity index (χ0) is 18.2. The molecule has 10 heteroatoms. The van der Waals surface area contributed by atoms with Gasteiger partial charge in [-0.15, -0.1) is 0 Å². The first-order valence-electron chi connectivity index (χ1n) is 7.81. The van der Waals surface area contributed by atoms with Crippen LogP contribution in [0.5, 0.6) is 0 Å². The minimum absolute atomic E-state index is 0. The molecule has 3 rings (SSSR count). The normalized spacial score (nSPS) is 16.9. The fourth-order valence-corrected chi connectivity index (χ4v) is 4.87. The Morgan fingerprint density at radius 2 is 2.00 bits per heavy atom. The summed E-state index contributed by atoms with van der Waals surface area (Å²) in [5, 5.41) is 3.01. The third-order valence-corrected chi connectivity index (χ3v) is 6.80. The summed E-state index contributed by atoms with van der Waals surface area (Å²) in [7, 11) is -1.68. The summed E-state index contributed by atoms with van der Waals surface area (Å²) in [5.74, 6) is 0.220. The molecule has 1 aliphatic rings. The summed E-state index contributed by atoms with van der Waals surface area (Å²) < 4.78 is 32.5. The van der Waals surface area contributed by atoms with Gasteiger partial charge in [0.05, 0.1) is 10.6 Å². The predicted molar refractivity (Wildman–Crippen MR) is 97.2 cm³/mol. The SMILES string of the molecule is CC(=O)Nc1nc(C)c(-c2ccc(S(=O)(=O)N3CCN(C)CC3)o2)s1.[HH]. The number of aryl methyl sites for hydroxylation is 1. The predicted octanol–water partition coefficient (Wildman–Crippen LogP) is 1.85. The molecule has 1 N–H and O–H groups in total. The number of rotatable bonds is 4. The number of sulfonamides is 1. The average Bonchev–Trinajstić information content (AvgIpc) is 3.14. The topological polar surface area (TPSA) is 95.7 Å². The molecule has 8 nitrogen and oxygen atoms in total. The number of likely N-dealkylation sites (N-methyl/N-ethyl adjacent to an activating group) is 1. The molecule has 0 aliphatic carbocycles. The molecule has 1 saturated heterocycles. The first-order valence-corrected chi connectivity index (χ1v) is 10.1. The molecule has 2 aromatic heterocycles. The maximum Gasteiger partial charge on any atom is 0.276 e. The molecule has 0 radical (unpaired) electrons. The van der Waals surface area contributed by atoms with Crippen LogP contribution in [0, 0.1) is 6.92 Å². The van der Waals surface area contributed by atoms with Crippen molar-refractivity contribution in [3.63, 3.8) is 0 Å². The molecule has 3 heterocycles. The Morgan fingerprint density at radius 3 is 2.64 bits per heavy atom. The first-order chi connectivity index (χ1) is 11.8. The van der Waals surface area contributed by atoms with Crippen molar-refractivity contribution in [2.75, 3.05) is 38.5 Å². The van der Waals surface area contributed by atoms with Crippen molar-refractivity contribution >= 4 is 32.4 Å². The molecule has 0 unspecified atom stereocenters. The Morgan fingerprint density at radius 1 is 1.32 bits per heavy atom. The minimum Gasteiger partial charge on any atom is -0.442 e. The van der Waals surface area contributed by atoms with Crippen molar-refractivity contribution < 1.29 is 19.1 Å². The van der Waals surface area contributed by atoms with Crippen LogP contribution in [-0.2, 0) is 14.8 Å². The molecule has 0 aromatic carbocycles. The first kappa shape index (κ1) is 18.1. The van der Waals surface area contributed by atoms with Crippen molar-refractivity contribution in [2.24, 2.45) is 0 Å². The number of nitrogens with one attached hydrogen (secondary N) is 1. The van der Waals surface area contributed by atoms with Crippen LogP contribution < -0.4 is 5.32 Å². The van der Waals surface area contributed by atoms with Crippen molar-refractivity contribution in [1.29, 1.82) is 0 Å². The van der Waals surface area contributed by atoms with Crippen LogP contribution >= 0.6 is 11.3 Å². The summed E-state index contributed by atoms with van der Waals surface area (Å²) in [6.07, 6.45) is 0. The number of thiazole rings is 1. The third kappa shape index (κ3) is 3.76. The second-order valence-electron chi connectivity index (χ2n) is 5.94. The average molecular weight is 386 g/mol. The third-order valence-electron chi connectivity index (χ3n) is 3.94. The zero-order valence-corrected chi connectivity index (χ0v) is 15.9. The molecule has 1 fully saturated rings. The molecule has 0 bridgehead atoms. The minimum atomic E-state index is -3.64. The van der Waals surface area contributed by atoms with E-state index in [9.17, 15) is 13.2 Å². The van der Waals surface area contributed by atoms with E-state index < -0.39 is 10.0 Å². The van der Waals surface area contributed by atoms with Gasteiger partial charge in [0.1, 0.15) is 5.76 Å². The largest absolute Gasteiger partial charge is 0.442 e. The number of anilines is 1. The highest BCUT2D eigenvalue weighted by atomic mass is 32.2. The molecule has 138 valence electrons. The second kappa shape index (κ2) is 6.87. The van der Waals surface area contributed by atoms with E-state index in [1.165, 1.54) is 28.6 Å². The van der Waals surface area contributed by atoms with Crippen molar-refractivity contribution in [1.82, 2.24) is 14.2 Å². The van der Waals surface area contributed by atoms with Gasteiger partial charge in [0.2, 0.25) is 11.0 Å². The number of hydrogen-bond acceptors (Lipinski definition) is 7. The van der Waals surface area contributed by atoms with Crippen molar-refractivity contribution in [2.45, 2.75) is 18.9 Å². The summed E-state index contributed by atoms with van der Waals surface area (Å²) in [5.41, 5.74) is 0.673. The number of hydrogen-bond donors (Lipinski definition) is 1. The van der Waals surface area contributed by atoms with Gasteiger partial charge in [0.25, 0.3) is 10.0 Å². The Kier molecular flexibility index (Phi) is 4.96. The lowest BCUT2D eigenvalue weighted by molar-refractivity contribution is -0.114. The van der Waals surface area contributed by atoms with Crippen LogP contribution in [-0.4, -0.2) is 61.7 Å². The van der Waals surface area contributed by atoms with E-state index in [4.69, 9.17) is 4.42 Å². The number of carbonyl (C=O) groups excluding carboxylic acids is 1. The van der Waals surface area contributed by atoms with Gasteiger partial charge in [-0.2, -0.15) is 4.31 Å². The Balaban J connectivity index is 0.00000243. The van der Waals surface area contributed by atoms with Crippen LogP contribution in [0.15, 0.2) is 21.6 Å². The number of amides is 1. The Labute approximate surface area is 152 Å². The van der Waals surface area contributed by atoms with Gasteiger partial charge in [0, 0.05) is 34.5 Å². The van der Waals surface area contributed by atoms with Gasteiger partial charge in [-0.3, -0.25) is 4.79 Å². The molecular formula is C15H22N4O4S2. The molecule has 0 saturated carbocycles. The summed E-state index contributed by atoms with van der Waals surface area (Å²) >= 11 is 1.25. The fourth-order valence-electron chi connectivity index (χ4n) is 2.57. The monoisotopic (exact) mass is 386 g/mol. The van der Waals surface area contributed by atoms with Gasteiger partial charge in [-0.25, -0.2) is 13.4 Å². The zero-order valence-electron chi connectivity index (χ0n) is 14.3. The fraction of sp³-hybridized carbons (Fsp3) is 0.467. The number of aromatic nitrogens is 1. The van der Waals surface area contributed by atoms with Crippen LogP contribution in [0.3, 0.4) is 0 Å². The molecule has 0 spiro atoms. The van der Waals surface area contributed by atoms with Gasteiger partial charge in [0.15, 0.2) is 5.13 Å². The standard InChI is InChI=1S/C15H20N4O4S2.H2/c1-10-14(24-15(16-10)17-11(2)20)12-4-5-13(23-12)25(21,22)19-8-6-18(3)7-9-19;/h4-5H,6-9H2,1-3H3,(H,16,17,20);1H. The van der Waals surface area contributed by atoms with Gasteiger partial charge in [-0.1, -0.05) is 11.3 Å². The van der Waals surface area contributed by atoms with Crippen LogP contribution in [0.2, 0.25) is 0 Å². The molecular weight excluding hydrogens is 364 g/mol. The second-order valence-corrected chi connectivity index (χ2v) is 8.81. The van der Waals surface area contributed by atoms with E-state index in [-0.39, 0.29) is 12.4 Å². The van der Waals surface area contributed by atoms with E-state index in [1.54, 1.807) is 13.0 Å². The van der Waals surface area contributed by atoms with Crippen LogP contribution in [0.25, 0.3) is 10.6 Å². The lowest BCUT2D eigenvalue weighted by Crippen LogP contribution is -2.46. The molecule has 25 heavy (non-hydrogen) atoms. The van der Waals surface area contributed by atoms with Gasteiger partial charge >= 0.3 is 0 Å². The highest BCUT2D eigenvalue weighted by Gasteiger charge is 2.30. The summed E-state index contributed by atoms with van der Waals surface area (Å²) in [6.45, 7) is 5.47. The number of furan rings is 1. The van der Waals surface area contributed by atoms with Crippen LogP contribution in [0.1, 0.15) is 14.0 Å². The van der Waals surface area contributed by atoms with E-state index in [2.05, 4.69) is 15.2 Å². The lowest BCUT2D eigenvalue weighted by Gasteiger charge is -2.30. The molecule has 0 atom stereocenters. The van der Waals surface area contributed by atoms with E-state index >= 15 is 0 Å². The Hall–Kier alpha value is -1.75. The number of nitrogens with zero attached hydrogens (tertiary/aromatic N) is 3. The number of piperazine rings is 1. The summed E-state index contributed by atoms with van der Waals surface area (Å²) in [6, 6.07) is 3.10. The smallest absolute Gasteiger partial charge is 0.276 e. The quantitative estimate of drug-likeness (QED) is 0.862. The number of carbonyl (C=O) groups is 1. The van der Waals surface area contributed by atoms with Gasteiger partial charge < -0.3 is 14.6 Å². The molecule has 2 aromatic rings.